The zero-order valence-corrected chi connectivity index (χ0v) is 33.2. The lowest BCUT2D eigenvalue weighted by Crippen LogP contribution is -2.32. The van der Waals surface area contributed by atoms with Crippen molar-refractivity contribution in [2.24, 2.45) is 0 Å². The van der Waals surface area contributed by atoms with E-state index in [9.17, 15) is 0 Å². The van der Waals surface area contributed by atoms with Gasteiger partial charge in [0.1, 0.15) is 11.5 Å². The van der Waals surface area contributed by atoms with Crippen LogP contribution in [0.3, 0.4) is 0 Å². The van der Waals surface area contributed by atoms with Gasteiger partial charge in [-0.25, -0.2) is 0 Å². The zero-order chi connectivity index (χ0) is 39.9. The Morgan fingerprint density at radius 2 is 0.639 bits per heavy atom. The molecule has 10 aromatic carbocycles. The van der Waals surface area contributed by atoms with E-state index < -0.39 is 5.41 Å². The van der Waals surface area contributed by atoms with Crippen molar-refractivity contribution in [2.75, 3.05) is 0 Å². The van der Waals surface area contributed by atoms with Crippen LogP contribution in [-0.4, -0.2) is 0 Å². The molecular weight excluding hydrogens is 737 g/mol. The molecule has 3 aliphatic carbocycles. The van der Waals surface area contributed by atoms with Crippen molar-refractivity contribution in [3.63, 3.8) is 0 Å². The summed E-state index contributed by atoms with van der Waals surface area (Å²) in [5.41, 5.74) is 22.2. The Bertz CT molecular complexity index is 3410. The monoisotopic (exact) mass is 772 g/mol. The molecular formula is C60H36O. The molecule has 2 spiro atoms. The molecule has 61 heavy (non-hydrogen) atoms. The Hall–Kier alpha value is -7.74. The van der Waals surface area contributed by atoms with E-state index in [0.717, 1.165) is 16.9 Å². The second kappa shape index (κ2) is 11.9. The van der Waals surface area contributed by atoms with Crippen molar-refractivity contribution in [1.82, 2.24) is 0 Å². The first-order chi connectivity index (χ1) is 30.3. The molecule has 1 aliphatic heterocycles. The molecule has 1 heterocycles. The number of para-hydroxylation sites is 1. The summed E-state index contributed by atoms with van der Waals surface area (Å²) in [6.45, 7) is 0. The van der Waals surface area contributed by atoms with Crippen LogP contribution in [0.15, 0.2) is 218 Å². The smallest absolute Gasteiger partial charge is 0.140 e. The van der Waals surface area contributed by atoms with Gasteiger partial charge < -0.3 is 4.74 Å². The van der Waals surface area contributed by atoms with Gasteiger partial charge in [0.25, 0.3) is 0 Å². The molecule has 0 atom stereocenters. The number of rotatable bonds is 2. The average Bonchev–Trinajstić information content (AvgIpc) is 3.92. The first-order valence-corrected chi connectivity index (χ1v) is 21.3. The maximum atomic E-state index is 7.02. The van der Waals surface area contributed by atoms with Crippen LogP contribution in [0.25, 0.3) is 66.4 Å². The number of hydrogen-bond donors (Lipinski definition) is 0. The summed E-state index contributed by atoms with van der Waals surface area (Å²) in [6.07, 6.45) is 0. The molecule has 14 rings (SSSR count). The fraction of sp³-hybridized carbons (Fsp3) is 0.0333. The van der Waals surface area contributed by atoms with Gasteiger partial charge in [-0.1, -0.05) is 200 Å². The molecule has 4 aliphatic rings. The SMILES string of the molecule is c1ccc2c(c1)Oc1c(cc(-c3ccc(-c4ccc5c(c4)C4(c6ccccc6-c6ccccc64)c4ccccc4-5)cc3)c3ccccc13)C21c2ccccc2-c2ccccc21. The van der Waals surface area contributed by atoms with E-state index in [1.165, 1.54) is 106 Å². The summed E-state index contributed by atoms with van der Waals surface area (Å²) in [5.74, 6) is 1.84. The van der Waals surface area contributed by atoms with Crippen molar-refractivity contribution in [2.45, 2.75) is 10.8 Å². The molecule has 0 bridgehead atoms. The van der Waals surface area contributed by atoms with Gasteiger partial charge in [-0.05, 0) is 113 Å². The predicted octanol–water partition coefficient (Wildman–Crippen LogP) is 15.0. The van der Waals surface area contributed by atoms with Gasteiger partial charge in [0.2, 0.25) is 0 Å². The number of fused-ring (bicyclic) bond motifs is 21. The van der Waals surface area contributed by atoms with Gasteiger partial charge in [0.15, 0.2) is 0 Å². The van der Waals surface area contributed by atoms with Gasteiger partial charge >= 0.3 is 0 Å². The lowest BCUT2D eigenvalue weighted by atomic mass is 9.65. The van der Waals surface area contributed by atoms with Crippen LogP contribution >= 0.6 is 0 Å². The van der Waals surface area contributed by atoms with Gasteiger partial charge in [-0.2, -0.15) is 0 Å². The van der Waals surface area contributed by atoms with E-state index >= 15 is 0 Å². The highest BCUT2D eigenvalue weighted by atomic mass is 16.5. The fourth-order valence-corrected chi connectivity index (χ4v) is 12.0. The summed E-state index contributed by atoms with van der Waals surface area (Å²) >= 11 is 0. The maximum absolute atomic E-state index is 7.02. The van der Waals surface area contributed by atoms with Crippen LogP contribution in [0.1, 0.15) is 44.5 Å². The van der Waals surface area contributed by atoms with E-state index in [4.69, 9.17) is 4.74 Å². The van der Waals surface area contributed by atoms with E-state index in [1.807, 2.05) is 0 Å². The molecule has 1 heteroatoms. The third-order valence-corrected chi connectivity index (χ3v) is 14.4. The fourth-order valence-electron chi connectivity index (χ4n) is 12.0. The lowest BCUT2D eigenvalue weighted by molar-refractivity contribution is 0.442. The third kappa shape index (κ3) is 4.06. The summed E-state index contributed by atoms with van der Waals surface area (Å²) < 4.78 is 7.02. The molecule has 0 fully saturated rings. The van der Waals surface area contributed by atoms with Gasteiger partial charge in [0, 0.05) is 16.5 Å². The highest BCUT2D eigenvalue weighted by Gasteiger charge is 2.53. The second-order valence-corrected chi connectivity index (χ2v) is 17.0. The number of ether oxygens (including phenoxy) is 1. The van der Waals surface area contributed by atoms with Crippen molar-refractivity contribution in [1.29, 1.82) is 0 Å². The molecule has 0 saturated carbocycles. The lowest BCUT2D eigenvalue weighted by Gasteiger charge is -2.40. The Morgan fingerprint density at radius 3 is 1.18 bits per heavy atom. The minimum absolute atomic E-state index is 0.370. The molecule has 0 unspecified atom stereocenters. The van der Waals surface area contributed by atoms with Crippen LogP contribution < -0.4 is 4.74 Å². The summed E-state index contributed by atoms with van der Waals surface area (Å²) in [6, 6.07) is 81.3. The number of hydrogen-bond acceptors (Lipinski definition) is 1. The first-order valence-electron chi connectivity index (χ1n) is 21.3. The second-order valence-electron chi connectivity index (χ2n) is 17.0. The van der Waals surface area contributed by atoms with Gasteiger partial charge in [0.05, 0.1) is 10.8 Å². The van der Waals surface area contributed by atoms with Crippen LogP contribution in [0.2, 0.25) is 0 Å². The maximum Gasteiger partial charge on any atom is 0.140 e. The average molecular weight is 773 g/mol. The van der Waals surface area contributed by atoms with Crippen molar-refractivity contribution in [3.05, 3.63) is 263 Å². The Kier molecular flexibility index (Phi) is 6.48. The third-order valence-electron chi connectivity index (χ3n) is 14.4. The molecule has 282 valence electrons. The van der Waals surface area contributed by atoms with Crippen molar-refractivity contribution < 1.29 is 4.74 Å². The summed E-state index contributed by atoms with van der Waals surface area (Å²) in [5, 5.41) is 2.30. The Labute approximate surface area is 354 Å². The predicted molar refractivity (Wildman–Crippen MR) is 248 cm³/mol. The molecule has 0 saturated heterocycles. The molecule has 0 N–H and O–H groups in total. The van der Waals surface area contributed by atoms with E-state index in [2.05, 4.69) is 218 Å². The minimum atomic E-state index is -0.536. The first kappa shape index (κ1) is 33.1. The highest BCUT2D eigenvalue weighted by Crippen LogP contribution is 2.65. The number of benzene rings is 10. The molecule has 1 nitrogen and oxygen atoms in total. The van der Waals surface area contributed by atoms with Crippen molar-refractivity contribution >= 4 is 10.8 Å². The standard InChI is InChI=1S/C60H36O/c1-2-21-47-40(15-1)48(36-56-58(47)61-57-28-14-13-27-54(57)60(56)52-25-11-5-18-43(52)44-19-6-12-26-53(44)60)38-31-29-37(30-32-38)39-33-34-46-45-20-7-10-24-51(45)59(55(46)35-39)49-22-8-3-16-41(49)42-17-4-9-23-50(42)59/h1-36H. The van der Waals surface area contributed by atoms with Crippen LogP contribution in [0.4, 0.5) is 0 Å². The molecule has 0 aromatic heterocycles. The van der Waals surface area contributed by atoms with Crippen LogP contribution in [0.5, 0.6) is 11.5 Å². The highest BCUT2D eigenvalue weighted by molar-refractivity contribution is 6.04. The Balaban J connectivity index is 0.959. The summed E-state index contributed by atoms with van der Waals surface area (Å²) in [4.78, 5) is 0. The van der Waals surface area contributed by atoms with Gasteiger partial charge in [-0.3, -0.25) is 0 Å². The molecule has 0 radical (unpaired) electrons. The van der Waals surface area contributed by atoms with Crippen LogP contribution in [0, 0.1) is 0 Å². The molecule has 10 aromatic rings. The quantitative estimate of drug-likeness (QED) is 0.170. The normalized spacial score (nSPS) is 14.6. The van der Waals surface area contributed by atoms with E-state index in [0.29, 0.717) is 0 Å². The van der Waals surface area contributed by atoms with E-state index in [-0.39, 0.29) is 5.41 Å². The van der Waals surface area contributed by atoms with Crippen molar-refractivity contribution in [3.8, 4) is 67.1 Å². The Morgan fingerprint density at radius 1 is 0.246 bits per heavy atom. The summed E-state index contributed by atoms with van der Waals surface area (Å²) in [7, 11) is 0. The molecule has 0 amide bonds. The van der Waals surface area contributed by atoms with Gasteiger partial charge in [-0.15, -0.1) is 0 Å². The largest absolute Gasteiger partial charge is 0.456 e. The van der Waals surface area contributed by atoms with Crippen LogP contribution in [-0.2, 0) is 10.8 Å². The topological polar surface area (TPSA) is 9.23 Å². The van der Waals surface area contributed by atoms with E-state index in [1.54, 1.807) is 0 Å². The minimum Gasteiger partial charge on any atom is -0.456 e. The zero-order valence-electron chi connectivity index (χ0n) is 33.2.